The van der Waals surface area contributed by atoms with Crippen molar-refractivity contribution in [1.82, 2.24) is 0 Å². The van der Waals surface area contributed by atoms with E-state index in [4.69, 9.17) is 14.2 Å². The van der Waals surface area contributed by atoms with Gasteiger partial charge in [-0.05, 0) is 83.5 Å². The molecule has 83 heavy (non-hydrogen) atoms. The first-order valence-corrected chi connectivity index (χ1v) is 37.1. The summed E-state index contributed by atoms with van der Waals surface area (Å²) in [7, 11) is 0. The van der Waals surface area contributed by atoms with Gasteiger partial charge in [-0.2, -0.15) is 0 Å². The van der Waals surface area contributed by atoms with Crippen molar-refractivity contribution < 1.29 is 28.6 Å². The van der Waals surface area contributed by atoms with Crippen LogP contribution in [-0.4, -0.2) is 37.2 Å². The molecule has 0 amide bonds. The lowest BCUT2D eigenvalue weighted by atomic mass is 10.0. The monoisotopic (exact) mass is 1160 g/mol. The molecule has 6 nitrogen and oxygen atoms in total. The van der Waals surface area contributed by atoms with E-state index in [0.717, 1.165) is 70.6 Å². The maximum absolute atomic E-state index is 12.9. The minimum Gasteiger partial charge on any atom is -0.462 e. The standard InChI is InChI=1S/C77H142O6/c1-4-7-10-13-16-18-20-22-24-26-28-30-32-34-36-37-38-39-41-42-44-46-48-50-52-54-56-58-61-64-67-70-76(79)82-73-74(72-81-75(78)69-66-63-60-15-12-9-6-3)83-77(80)71-68-65-62-59-57-55-53-51-49-47-45-43-40-35-33-31-29-27-25-23-21-19-17-14-11-8-5-2/h21,23,26-29,33,35,74H,4-20,22,24-25,30-32,34,36-73H2,1-3H3/b23-21-,28-26-,29-27-,35-33-. The van der Waals surface area contributed by atoms with E-state index in [1.807, 2.05) is 0 Å². The smallest absolute Gasteiger partial charge is 0.306 e. The summed E-state index contributed by atoms with van der Waals surface area (Å²) in [5, 5.41) is 0. The Kier molecular flexibility index (Phi) is 69.6. The zero-order valence-corrected chi connectivity index (χ0v) is 56.0. The average molecular weight is 1160 g/mol. The van der Waals surface area contributed by atoms with Gasteiger partial charge in [0.25, 0.3) is 0 Å². The van der Waals surface area contributed by atoms with Crippen molar-refractivity contribution in [2.24, 2.45) is 0 Å². The molecule has 0 aliphatic heterocycles. The third kappa shape index (κ3) is 70.0. The highest BCUT2D eigenvalue weighted by atomic mass is 16.6. The Bertz CT molecular complexity index is 1430. The third-order valence-corrected chi connectivity index (χ3v) is 16.8. The van der Waals surface area contributed by atoms with E-state index in [1.165, 1.54) is 295 Å². The van der Waals surface area contributed by atoms with Gasteiger partial charge < -0.3 is 14.2 Å². The second kappa shape index (κ2) is 71.8. The van der Waals surface area contributed by atoms with E-state index in [9.17, 15) is 14.4 Å². The molecule has 6 heteroatoms. The van der Waals surface area contributed by atoms with Crippen LogP contribution in [0.5, 0.6) is 0 Å². The Morgan fingerprint density at radius 2 is 0.434 bits per heavy atom. The highest BCUT2D eigenvalue weighted by Crippen LogP contribution is 2.19. The molecule has 1 unspecified atom stereocenters. The van der Waals surface area contributed by atoms with Gasteiger partial charge in [-0.15, -0.1) is 0 Å². The number of unbranched alkanes of at least 4 members (excludes halogenated alkanes) is 50. The minimum absolute atomic E-state index is 0.0688. The number of hydrogen-bond acceptors (Lipinski definition) is 6. The van der Waals surface area contributed by atoms with Crippen LogP contribution in [0, 0.1) is 0 Å². The summed E-state index contributed by atoms with van der Waals surface area (Å²) in [5.74, 6) is -0.852. The molecule has 0 bridgehead atoms. The predicted octanol–water partition coefficient (Wildman–Crippen LogP) is 25.7. The Balaban J connectivity index is 4.00. The Morgan fingerprint density at radius 3 is 0.687 bits per heavy atom. The topological polar surface area (TPSA) is 78.9 Å². The zero-order chi connectivity index (χ0) is 59.9. The molecule has 0 saturated carbocycles. The summed E-state index contributed by atoms with van der Waals surface area (Å²) < 4.78 is 16.9. The first kappa shape index (κ1) is 80.4. The van der Waals surface area contributed by atoms with Crippen LogP contribution in [0.1, 0.15) is 406 Å². The van der Waals surface area contributed by atoms with E-state index < -0.39 is 6.10 Å². The van der Waals surface area contributed by atoms with Crippen molar-refractivity contribution >= 4 is 17.9 Å². The normalized spacial score (nSPS) is 12.3. The molecule has 0 N–H and O–H groups in total. The molecule has 0 heterocycles. The number of carbonyl (C=O) groups is 3. The molecule has 1 atom stereocenters. The van der Waals surface area contributed by atoms with Crippen LogP contribution in [0.2, 0.25) is 0 Å². The molecule has 0 saturated heterocycles. The van der Waals surface area contributed by atoms with Crippen LogP contribution < -0.4 is 0 Å². The van der Waals surface area contributed by atoms with Crippen LogP contribution in [0.4, 0.5) is 0 Å². The van der Waals surface area contributed by atoms with E-state index >= 15 is 0 Å². The number of ether oxygens (including phenoxy) is 3. The van der Waals surface area contributed by atoms with E-state index in [2.05, 4.69) is 69.4 Å². The Morgan fingerprint density at radius 1 is 0.241 bits per heavy atom. The van der Waals surface area contributed by atoms with Crippen molar-refractivity contribution in [2.75, 3.05) is 13.2 Å². The molecule has 486 valence electrons. The lowest BCUT2D eigenvalue weighted by Gasteiger charge is -2.18. The van der Waals surface area contributed by atoms with Gasteiger partial charge in [0.1, 0.15) is 13.2 Å². The summed E-state index contributed by atoms with van der Waals surface area (Å²) >= 11 is 0. The van der Waals surface area contributed by atoms with Crippen molar-refractivity contribution in [3.63, 3.8) is 0 Å². The quantitative estimate of drug-likeness (QED) is 0.0261. The van der Waals surface area contributed by atoms with Crippen LogP contribution in [0.3, 0.4) is 0 Å². The molecule has 0 radical (unpaired) electrons. The lowest BCUT2D eigenvalue weighted by molar-refractivity contribution is -0.167. The Hall–Kier alpha value is -2.63. The van der Waals surface area contributed by atoms with Gasteiger partial charge in [0, 0.05) is 19.3 Å². The first-order valence-electron chi connectivity index (χ1n) is 37.1. The largest absolute Gasteiger partial charge is 0.462 e. The van der Waals surface area contributed by atoms with E-state index in [0.29, 0.717) is 19.3 Å². The highest BCUT2D eigenvalue weighted by molar-refractivity contribution is 5.71. The lowest BCUT2D eigenvalue weighted by Crippen LogP contribution is -2.30. The van der Waals surface area contributed by atoms with Crippen molar-refractivity contribution in [3.05, 3.63) is 48.6 Å². The molecule has 0 aromatic heterocycles. The third-order valence-electron chi connectivity index (χ3n) is 16.8. The average Bonchev–Trinajstić information content (AvgIpc) is 3.49. The minimum atomic E-state index is -0.771. The number of carbonyl (C=O) groups excluding carboxylic acids is 3. The Labute approximate surface area is 518 Å². The van der Waals surface area contributed by atoms with Gasteiger partial charge in [-0.3, -0.25) is 14.4 Å². The first-order chi connectivity index (χ1) is 41.0. The fourth-order valence-corrected chi connectivity index (χ4v) is 11.2. The van der Waals surface area contributed by atoms with Gasteiger partial charge in [-0.25, -0.2) is 0 Å². The summed E-state index contributed by atoms with van der Waals surface area (Å²) in [6, 6.07) is 0. The summed E-state index contributed by atoms with van der Waals surface area (Å²) in [5.41, 5.74) is 0. The van der Waals surface area contributed by atoms with E-state index in [-0.39, 0.29) is 31.1 Å². The van der Waals surface area contributed by atoms with Crippen molar-refractivity contribution in [3.8, 4) is 0 Å². The van der Waals surface area contributed by atoms with Crippen LogP contribution in [0.15, 0.2) is 48.6 Å². The van der Waals surface area contributed by atoms with Gasteiger partial charge in [0.15, 0.2) is 6.10 Å². The maximum atomic E-state index is 12.9. The summed E-state index contributed by atoms with van der Waals surface area (Å²) in [4.78, 5) is 38.2. The van der Waals surface area contributed by atoms with Crippen molar-refractivity contribution in [2.45, 2.75) is 412 Å². The second-order valence-corrected chi connectivity index (χ2v) is 25.2. The second-order valence-electron chi connectivity index (χ2n) is 25.2. The predicted molar refractivity (Wildman–Crippen MR) is 362 cm³/mol. The highest BCUT2D eigenvalue weighted by Gasteiger charge is 2.19. The fraction of sp³-hybridized carbons (Fsp3) is 0.857. The number of rotatable bonds is 69. The maximum Gasteiger partial charge on any atom is 0.306 e. The molecular weight excluding hydrogens is 1020 g/mol. The molecule has 0 spiro atoms. The van der Waals surface area contributed by atoms with Gasteiger partial charge in [0.05, 0.1) is 0 Å². The van der Waals surface area contributed by atoms with E-state index in [1.54, 1.807) is 0 Å². The molecule has 0 aliphatic carbocycles. The van der Waals surface area contributed by atoms with Gasteiger partial charge in [0.2, 0.25) is 0 Å². The number of hydrogen-bond donors (Lipinski definition) is 0. The molecular formula is C77H142O6. The van der Waals surface area contributed by atoms with Gasteiger partial charge in [-0.1, -0.05) is 352 Å². The molecule has 0 rings (SSSR count). The molecule has 0 fully saturated rings. The van der Waals surface area contributed by atoms with Crippen LogP contribution in [-0.2, 0) is 28.6 Å². The van der Waals surface area contributed by atoms with Gasteiger partial charge >= 0.3 is 17.9 Å². The van der Waals surface area contributed by atoms with Crippen molar-refractivity contribution in [1.29, 1.82) is 0 Å². The van der Waals surface area contributed by atoms with Crippen LogP contribution in [0.25, 0.3) is 0 Å². The summed E-state index contributed by atoms with van der Waals surface area (Å²) in [6.45, 7) is 6.65. The zero-order valence-electron chi connectivity index (χ0n) is 56.0. The summed E-state index contributed by atoms with van der Waals surface area (Å²) in [6.07, 6.45) is 91.9. The fourth-order valence-electron chi connectivity index (χ4n) is 11.2. The number of allylic oxidation sites excluding steroid dienone is 8. The molecule has 0 aliphatic rings. The number of esters is 3. The SMILES string of the molecule is CCCCCCC/C=C\C/C=C\C/C=C\CCCCCCCCCCCCCCC(=O)OC(COC(=O)CCCCCCCCC)COC(=O)CCCCCCCCCCCCCCCCCCCCC/C=C\CCCCCCCCCC. The van der Waals surface area contributed by atoms with Crippen LogP contribution >= 0.6 is 0 Å². The molecule has 0 aromatic carbocycles. The molecule has 0 aromatic rings.